The normalized spacial score (nSPS) is 16.3. The molecule has 9 heteroatoms. The van der Waals surface area contributed by atoms with Crippen LogP contribution >= 0.6 is 7.92 Å². The standard InChI is InChI=1S/C39H38NO6PS/c1-27-19-21-34(22-20-27)48(42,43)40-28(2)38-29(24-31(44-3)25-36(38)45-4)23-30(40)26-46-39(41)35-17-11-12-18-37(35)47(32-13-7-5-8-14-32)33-15-9-6-10-16-33/h5-22,24-25,28,30H,23,26H2,1-4H3/t28-,30+/m1/s1. The molecule has 7 nitrogen and oxygen atoms in total. The van der Waals surface area contributed by atoms with Crippen molar-refractivity contribution in [3.05, 3.63) is 144 Å². The summed E-state index contributed by atoms with van der Waals surface area (Å²) in [5.74, 6) is 0.646. The summed E-state index contributed by atoms with van der Waals surface area (Å²) in [6.45, 7) is 3.61. The van der Waals surface area contributed by atoms with Crippen LogP contribution in [-0.2, 0) is 21.2 Å². The Labute approximate surface area is 283 Å². The first-order valence-electron chi connectivity index (χ1n) is 15.7. The van der Waals surface area contributed by atoms with Crippen molar-refractivity contribution in [2.75, 3.05) is 20.8 Å². The van der Waals surface area contributed by atoms with Gasteiger partial charge in [-0.3, -0.25) is 0 Å². The molecule has 1 aliphatic rings. The summed E-state index contributed by atoms with van der Waals surface area (Å²) in [6, 6.07) is 37.0. The molecule has 246 valence electrons. The highest BCUT2D eigenvalue weighted by molar-refractivity contribution is 7.89. The monoisotopic (exact) mass is 679 g/mol. The first-order chi connectivity index (χ1) is 23.2. The van der Waals surface area contributed by atoms with E-state index in [0.717, 1.165) is 32.6 Å². The maximum atomic E-state index is 14.3. The quantitative estimate of drug-likeness (QED) is 0.127. The molecule has 5 aromatic rings. The van der Waals surface area contributed by atoms with Crippen molar-refractivity contribution >= 4 is 39.8 Å². The van der Waals surface area contributed by atoms with Crippen LogP contribution < -0.4 is 25.4 Å². The first-order valence-corrected chi connectivity index (χ1v) is 18.5. The van der Waals surface area contributed by atoms with E-state index < -0.39 is 36.0 Å². The lowest BCUT2D eigenvalue weighted by molar-refractivity contribution is 0.0388. The van der Waals surface area contributed by atoms with E-state index in [2.05, 4.69) is 24.3 Å². The highest BCUT2D eigenvalue weighted by atomic mass is 32.2. The van der Waals surface area contributed by atoms with Gasteiger partial charge in [-0.15, -0.1) is 0 Å². The molecule has 48 heavy (non-hydrogen) atoms. The maximum absolute atomic E-state index is 14.3. The maximum Gasteiger partial charge on any atom is 0.338 e. The largest absolute Gasteiger partial charge is 0.497 e. The second-order valence-electron chi connectivity index (χ2n) is 11.7. The van der Waals surface area contributed by atoms with Crippen molar-refractivity contribution < 1.29 is 27.4 Å². The molecule has 0 saturated carbocycles. The third kappa shape index (κ3) is 6.61. The van der Waals surface area contributed by atoms with Gasteiger partial charge in [0.25, 0.3) is 0 Å². The second kappa shape index (κ2) is 14.3. The predicted octanol–water partition coefficient (Wildman–Crippen LogP) is 6.30. The molecule has 5 aromatic carbocycles. The van der Waals surface area contributed by atoms with Gasteiger partial charge in [-0.1, -0.05) is 96.6 Å². The number of benzene rings is 5. The molecule has 0 bridgehead atoms. The van der Waals surface area contributed by atoms with E-state index >= 15 is 0 Å². The second-order valence-corrected chi connectivity index (χ2v) is 15.7. The summed E-state index contributed by atoms with van der Waals surface area (Å²) < 4.78 is 47.5. The van der Waals surface area contributed by atoms with Gasteiger partial charge in [-0.25, -0.2) is 13.2 Å². The summed E-state index contributed by atoms with van der Waals surface area (Å²) in [5, 5.41) is 3.08. The molecular weight excluding hydrogens is 641 g/mol. The number of fused-ring (bicyclic) bond motifs is 1. The van der Waals surface area contributed by atoms with Crippen LogP contribution in [0.1, 0.15) is 40.0 Å². The number of esters is 1. The zero-order valence-corrected chi connectivity index (χ0v) is 29.1. The Morgan fingerprint density at radius 3 is 2.02 bits per heavy atom. The van der Waals surface area contributed by atoms with E-state index in [1.807, 2.05) is 74.5 Å². The third-order valence-electron chi connectivity index (χ3n) is 8.67. The van der Waals surface area contributed by atoms with Gasteiger partial charge in [-0.2, -0.15) is 4.31 Å². The van der Waals surface area contributed by atoms with Crippen LogP contribution in [0.3, 0.4) is 0 Å². The van der Waals surface area contributed by atoms with E-state index in [0.29, 0.717) is 23.5 Å². The number of hydrogen-bond donors (Lipinski definition) is 0. The molecule has 1 aliphatic heterocycles. The number of hydrogen-bond acceptors (Lipinski definition) is 6. The predicted molar refractivity (Wildman–Crippen MR) is 191 cm³/mol. The van der Waals surface area contributed by atoms with Crippen LogP contribution in [0.25, 0.3) is 0 Å². The zero-order valence-electron chi connectivity index (χ0n) is 27.4. The minimum atomic E-state index is -4.01. The van der Waals surface area contributed by atoms with Gasteiger partial charge in [0.05, 0.1) is 36.8 Å². The molecule has 0 N–H and O–H groups in total. The van der Waals surface area contributed by atoms with Crippen molar-refractivity contribution in [3.8, 4) is 11.5 Å². The van der Waals surface area contributed by atoms with Crippen molar-refractivity contribution in [3.63, 3.8) is 0 Å². The fourth-order valence-electron chi connectivity index (χ4n) is 6.41. The average Bonchev–Trinajstić information content (AvgIpc) is 3.11. The highest BCUT2D eigenvalue weighted by Gasteiger charge is 2.43. The van der Waals surface area contributed by atoms with Crippen LogP contribution in [0.5, 0.6) is 11.5 Å². The number of rotatable bonds is 10. The molecule has 2 atom stereocenters. The highest BCUT2D eigenvalue weighted by Crippen LogP contribution is 2.44. The van der Waals surface area contributed by atoms with Crippen molar-refractivity contribution in [2.24, 2.45) is 0 Å². The van der Waals surface area contributed by atoms with Gasteiger partial charge >= 0.3 is 5.97 Å². The molecule has 0 aromatic heterocycles. The average molecular weight is 680 g/mol. The number of aryl methyl sites for hydroxylation is 1. The summed E-state index contributed by atoms with van der Waals surface area (Å²) >= 11 is 0. The zero-order chi connectivity index (χ0) is 33.8. The van der Waals surface area contributed by atoms with Crippen LogP contribution in [0, 0.1) is 6.92 Å². The van der Waals surface area contributed by atoms with Crippen LogP contribution in [0.15, 0.2) is 126 Å². The van der Waals surface area contributed by atoms with Crippen LogP contribution in [-0.4, -0.2) is 45.6 Å². The topological polar surface area (TPSA) is 82.1 Å². The van der Waals surface area contributed by atoms with E-state index in [-0.39, 0.29) is 11.5 Å². The molecular formula is C39H38NO6PS. The minimum absolute atomic E-state index is 0.143. The smallest absolute Gasteiger partial charge is 0.338 e. The number of carbonyl (C=O) groups excluding carboxylic acids is 1. The Morgan fingerprint density at radius 1 is 0.812 bits per heavy atom. The molecule has 0 amide bonds. The Balaban J connectivity index is 1.37. The molecule has 0 radical (unpaired) electrons. The lowest BCUT2D eigenvalue weighted by Gasteiger charge is -2.41. The first kappa shape index (κ1) is 33.4. The van der Waals surface area contributed by atoms with Gasteiger partial charge in [0, 0.05) is 11.6 Å². The summed E-state index contributed by atoms with van der Waals surface area (Å²) in [5.41, 5.74) is 3.05. The number of nitrogens with zero attached hydrogens (tertiary/aromatic N) is 1. The fourth-order valence-corrected chi connectivity index (χ4v) is 10.6. The number of methoxy groups -OCH3 is 2. The Bertz CT molecular complexity index is 1960. The van der Waals surface area contributed by atoms with Gasteiger partial charge in [0.1, 0.15) is 18.1 Å². The molecule has 0 unspecified atom stereocenters. The Hall–Kier alpha value is -4.49. The lowest BCUT2D eigenvalue weighted by atomic mass is 9.90. The van der Waals surface area contributed by atoms with Crippen LogP contribution in [0.4, 0.5) is 0 Å². The van der Waals surface area contributed by atoms with Gasteiger partial charge in [0.15, 0.2) is 0 Å². The van der Waals surface area contributed by atoms with Gasteiger partial charge in [0.2, 0.25) is 10.0 Å². The van der Waals surface area contributed by atoms with Gasteiger partial charge < -0.3 is 14.2 Å². The molecule has 0 fully saturated rings. The number of sulfonamides is 1. The van der Waals surface area contributed by atoms with E-state index in [9.17, 15) is 13.2 Å². The Kier molecular flexibility index (Phi) is 9.97. The van der Waals surface area contributed by atoms with E-state index in [4.69, 9.17) is 14.2 Å². The van der Waals surface area contributed by atoms with Crippen molar-refractivity contribution in [2.45, 2.75) is 37.2 Å². The number of carbonyl (C=O) groups is 1. The van der Waals surface area contributed by atoms with E-state index in [1.165, 1.54) is 4.31 Å². The van der Waals surface area contributed by atoms with Crippen molar-refractivity contribution in [1.29, 1.82) is 0 Å². The summed E-state index contributed by atoms with van der Waals surface area (Å²) in [4.78, 5) is 14.2. The molecule has 0 saturated heterocycles. The molecule has 0 aliphatic carbocycles. The fraction of sp³-hybridized carbons (Fsp3) is 0.205. The van der Waals surface area contributed by atoms with E-state index in [1.54, 1.807) is 50.6 Å². The molecule has 0 spiro atoms. The lowest BCUT2D eigenvalue weighted by Crippen LogP contribution is -2.49. The summed E-state index contributed by atoms with van der Waals surface area (Å²) in [6.07, 6.45) is 0.300. The third-order valence-corrected chi connectivity index (χ3v) is 13.2. The van der Waals surface area contributed by atoms with Crippen LogP contribution in [0.2, 0.25) is 0 Å². The SMILES string of the molecule is COc1cc2c(c(OC)c1)[C@@H](C)N(S(=O)(=O)c1ccc(C)cc1)[C@H](COC(=O)c1ccccc1P(c1ccccc1)c1ccccc1)C2. The van der Waals surface area contributed by atoms with Crippen molar-refractivity contribution in [1.82, 2.24) is 4.31 Å². The molecule has 1 heterocycles. The minimum Gasteiger partial charge on any atom is -0.497 e. The number of ether oxygens (including phenoxy) is 3. The summed E-state index contributed by atoms with van der Waals surface area (Å²) in [7, 11) is -1.94. The molecule has 6 rings (SSSR count). The van der Waals surface area contributed by atoms with Gasteiger partial charge in [-0.05, 0) is 73.9 Å². The Morgan fingerprint density at radius 2 is 1.42 bits per heavy atom.